The molecule has 0 radical (unpaired) electrons. The molecular formula is C6H3F5Si. The first kappa shape index (κ1) is 9.18. The van der Waals surface area contributed by atoms with Crippen LogP contribution < -0.4 is 5.19 Å². The summed E-state index contributed by atoms with van der Waals surface area (Å²) in [4.78, 5) is 0. The van der Waals surface area contributed by atoms with Gasteiger partial charge in [0.1, 0.15) is 0 Å². The van der Waals surface area contributed by atoms with Gasteiger partial charge >= 0.3 is 9.08 Å². The highest BCUT2D eigenvalue weighted by molar-refractivity contribution is 6.73. The Morgan fingerprint density at radius 3 is 2.00 bits per heavy atom. The lowest BCUT2D eigenvalue weighted by Crippen LogP contribution is -2.37. The molecule has 0 spiro atoms. The van der Waals surface area contributed by atoms with Crippen LogP contribution in [0.25, 0.3) is 0 Å². The fourth-order valence-corrected chi connectivity index (χ4v) is 1.38. The Morgan fingerprint density at radius 1 is 1.00 bits per heavy atom. The minimum atomic E-state index is -6.22. The largest absolute Gasteiger partial charge is 0.656 e. The van der Waals surface area contributed by atoms with Crippen molar-refractivity contribution in [2.24, 2.45) is 0 Å². The van der Waals surface area contributed by atoms with Crippen molar-refractivity contribution in [3.8, 4) is 0 Å². The minimum absolute atomic E-state index is 0.546. The predicted octanol–water partition coefficient (Wildman–Crippen LogP) is 2.02. The van der Waals surface area contributed by atoms with Gasteiger partial charge in [0, 0.05) is 0 Å². The van der Waals surface area contributed by atoms with Crippen molar-refractivity contribution in [1.82, 2.24) is 0 Å². The molecule has 1 aromatic carbocycles. The minimum Gasteiger partial charge on any atom is -0.234 e. The molecule has 66 valence electrons. The Bertz CT molecular complexity index is 292. The van der Waals surface area contributed by atoms with Crippen molar-refractivity contribution in [3.05, 3.63) is 29.8 Å². The second kappa shape index (κ2) is 2.85. The number of halogens is 5. The molecule has 0 atom stereocenters. The van der Waals surface area contributed by atoms with E-state index < -0.39 is 25.9 Å². The Balaban J connectivity index is 3.26. The second-order valence-electron chi connectivity index (χ2n) is 2.10. The van der Waals surface area contributed by atoms with Crippen LogP contribution >= 0.6 is 0 Å². The molecule has 0 bridgehead atoms. The number of rotatable bonds is 1. The molecule has 12 heavy (non-hydrogen) atoms. The molecule has 0 aromatic heterocycles. The third kappa shape index (κ3) is 1.63. The summed E-state index contributed by atoms with van der Waals surface area (Å²) in [5.41, 5.74) is 0. The van der Waals surface area contributed by atoms with Crippen molar-refractivity contribution in [2.45, 2.75) is 0 Å². The van der Waals surface area contributed by atoms with Crippen LogP contribution in [-0.2, 0) is 0 Å². The summed E-state index contributed by atoms with van der Waals surface area (Å²) in [5, 5.41) is -1.44. The third-order valence-electron chi connectivity index (χ3n) is 1.26. The van der Waals surface area contributed by atoms with Gasteiger partial charge in [-0.2, -0.15) is 0 Å². The maximum Gasteiger partial charge on any atom is 0.656 e. The lowest BCUT2D eigenvalue weighted by molar-refractivity contribution is 0.478. The van der Waals surface area contributed by atoms with E-state index in [4.69, 9.17) is 0 Å². The highest BCUT2D eigenvalue weighted by Crippen LogP contribution is 2.12. The van der Waals surface area contributed by atoms with Crippen molar-refractivity contribution in [3.63, 3.8) is 0 Å². The first-order chi connectivity index (χ1) is 5.43. The van der Waals surface area contributed by atoms with Crippen LogP contribution in [0.5, 0.6) is 0 Å². The number of benzene rings is 1. The van der Waals surface area contributed by atoms with Gasteiger partial charge < -0.3 is 0 Å². The van der Waals surface area contributed by atoms with Crippen molar-refractivity contribution >= 4 is 14.3 Å². The van der Waals surface area contributed by atoms with Gasteiger partial charge in [0.2, 0.25) is 0 Å². The quantitative estimate of drug-likeness (QED) is 0.368. The zero-order valence-corrected chi connectivity index (χ0v) is 6.62. The molecule has 0 amide bonds. The van der Waals surface area contributed by atoms with E-state index in [-0.39, 0.29) is 0 Å². The van der Waals surface area contributed by atoms with Crippen LogP contribution in [0.2, 0.25) is 0 Å². The molecule has 6 heteroatoms. The molecule has 0 aliphatic carbocycles. The maximum absolute atomic E-state index is 12.4. The van der Waals surface area contributed by atoms with Crippen LogP contribution in [0, 0.1) is 11.6 Å². The molecule has 0 saturated heterocycles. The summed E-state index contributed by atoms with van der Waals surface area (Å²) >= 11 is 0. The van der Waals surface area contributed by atoms with Crippen molar-refractivity contribution < 1.29 is 21.1 Å². The summed E-state index contributed by atoms with van der Waals surface area (Å²) in [5.74, 6) is -3.26. The van der Waals surface area contributed by atoms with E-state index in [0.717, 1.165) is 6.07 Å². The van der Waals surface area contributed by atoms with E-state index >= 15 is 0 Å². The van der Waals surface area contributed by atoms with Gasteiger partial charge in [-0.3, -0.25) is 0 Å². The summed E-state index contributed by atoms with van der Waals surface area (Å²) < 4.78 is 60.6. The van der Waals surface area contributed by atoms with Crippen LogP contribution in [0.3, 0.4) is 0 Å². The Labute approximate surface area is 66.2 Å². The van der Waals surface area contributed by atoms with Gasteiger partial charge in [-0.05, 0) is 6.07 Å². The monoisotopic (exact) mass is 198 g/mol. The predicted molar refractivity (Wildman–Crippen MR) is 35.1 cm³/mol. The van der Waals surface area contributed by atoms with Crippen molar-refractivity contribution in [2.75, 3.05) is 0 Å². The van der Waals surface area contributed by atoms with E-state index in [9.17, 15) is 21.1 Å². The SMILES string of the molecule is Fc1cccc([Si](F)(F)F)c1F. The summed E-state index contributed by atoms with van der Waals surface area (Å²) in [7, 11) is -6.22. The van der Waals surface area contributed by atoms with Gasteiger partial charge in [-0.1, -0.05) is 12.1 Å². The molecule has 0 saturated carbocycles. The average Bonchev–Trinajstić information content (AvgIpc) is 1.92. The number of hydrogen-bond donors (Lipinski definition) is 0. The van der Waals surface area contributed by atoms with E-state index in [1.165, 1.54) is 0 Å². The standard InChI is InChI=1S/C6H3F5Si/c7-4-2-1-3-5(6(4)8)12(9,10)11/h1-3H. The summed E-state index contributed by atoms with van der Waals surface area (Å²) in [6.45, 7) is 0. The normalized spacial score (nSPS) is 11.8. The summed E-state index contributed by atoms with van der Waals surface area (Å²) in [6, 6.07) is 2.04. The van der Waals surface area contributed by atoms with Gasteiger partial charge in [-0.25, -0.2) is 21.1 Å². The fraction of sp³-hybridized carbons (Fsp3) is 0. The molecule has 1 rings (SSSR count). The molecule has 0 heterocycles. The molecular weight excluding hydrogens is 195 g/mol. The van der Waals surface area contributed by atoms with E-state index in [0.29, 0.717) is 12.1 Å². The highest BCUT2D eigenvalue weighted by Gasteiger charge is 2.43. The molecule has 0 unspecified atom stereocenters. The zero-order chi connectivity index (χ0) is 9.35. The average molecular weight is 198 g/mol. The topological polar surface area (TPSA) is 0 Å². The zero-order valence-electron chi connectivity index (χ0n) is 5.62. The van der Waals surface area contributed by atoms with Gasteiger partial charge in [0.15, 0.2) is 11.6 Å². The highest BCUT2D eigenvalue weighted by atomic mass is 28.5. The van der Waals surface area contributed by atoms with Crippen LogP contribution in [-0.4, -0.2) is 9.08 Å². The first-order valence-electron chi connectivity index (χ1n) is 2.94. The Kier molecular flexibility index (Phi) is 2.18. The van der Waals surface area contributed by atoms with Gasteiger partial charge in [0.05, 0.1) is 5.19 Å². The molecule has 0 aliphatic heterocycles. The maximum atomic E-state index is 12.4. The van der Waals surface area contributed by atoms with E-state index in [2.05, 4.69) is 0 Å². The van der Waals surface area contributed by atoms with Crippen molar-refractivity contribution in [1.29, 1.82) is 0 Å². The fourth-order valence-electron chi connectivity index (χ4n) is 0.723. The molecule has 0 fully saturated rings. The molecule has 0 nitrogen and oxygen atoms in total. The van der Waals surface area contributed by atoms with Gasteiger partial charge in [0.25, 0.3) is 0 Å². The smallest absolute Gasteiger partial charge is 0.234 e. The third-order valence-corrected chi connectivity index (χ3v) is 2.25. The van der Waals surface area contributed by atoms with E-state index in [1.807, 2.05) is 0 Å². The summed E-state index contributed by atoms with van der Waals surface area (Å²) in [6.07, 6.45) is 0. The van der Waals surface area contributed by atoms with Crippen LogP contribution in [0.4, 0.5) is 21.1 Å². The van der Waals surface area contributed by atoms with Gasteiger partial charge in [-0.15, -0.1) is 0 Å². The first-order valence-corrected chi connectivity index (χ1v) is 4.57. The van der Waals surface area contributed by atoms with Crippen LogP contribution in [0.15, 0.2) is 18.2 Å². The molecule has 0 N–H and O–H groups in total. The Morgan fingerprint density at radius 2 is 1.58 bits per heavy atom. The lowest BCUT2D eigenvalue weighted by Gasteiger charge is -2.03. The molecule has 1 aromatic rings. The molecule has 0 aliphatic rings. The Hall–Kier alpha value is -0.913. The van der Waals surface area contributed by atoms with Crippen LogP contribution in [0.1, 0.15) is 0 Å². The number of hydrogen-bond acceptors (Lipinski definition) is 0. The van der Waals surface area contributed by atoms with E-state index in [1.54, 1.807) is 0 Å². The lowest BCUT2D eigenvalue weighted by atomic mass is 10.3. The second-order valence-corrected chi connectivity index (χ2v) is 3.63.